The van der Waals surface area contributed by atoms with E-state index in [4.69, 9.17) is 5.73 Å². The molecule has 16 heavy (non-hydrogen) atoms. The third-order valence-electron chi connectivity index (χ3n) is 2.94. The van der Waals surface area contributed by atoms with E-state index in [0.717, 1.165) is 0 Å². The molecule has 2 rings (SSSR count). The third kappa shape index (κ3) is 1.91. The molecule has 82 valence electrons. The minimum absolute atomic E-state index is 0.0882. The van der Waals surface area contributed by atoms with Crippen molar-refractivity contribution in [3.63, 3.8) is 0 Å². The molecule has 1 aromatic rings. The van der Waals surface area contributed by atoms with Crippen molar-refractivity contribution in [3.8, 4) is 0 Å². The first-order chi connectivity index (χ1) is 7.70. The lowest BCUT2D eigenvalue weighted by molar-refractivity contribution is 0.0926. The first kappa shape index (κ1) is 10.7. The maximum absolute atomic E-state index is 12.3. The monoisotopic (exact) mass is 213 g/mol. The van der Waals surface area contributed by atoms with Gasteiger partial charge in [0.15, 0.2) is 5.78 Å². The average molecular weight is 213 g/mol. The van der Waals surface area contributed by atoms with E-state index in [1.807, 2.05) is 43.4 Å². The predicted molar refractivity (Wildman–Crippen MR) is 66.1 cm³/mol. The standard InChI is InChI=1S/C14H15NO/c1-10-6-2-3-7-11(10)14(16)12-8-4-5-9-13(12)15/h2-11H,15H2,1H3. The second-order valence-corrected chi connectivity index (χ2v) is 4.11. The Bertz CT molecular complexity index is 460. The van der Waals surface area contributed by atoms with Gasteiger partial charge in [-0.15, -0.1) is 0 Å². The summed E-state index contributed by atoms with van der Waals surface area (Å²) in [5.41, 5.74) is 6.99. The number of benzene rings is 1. The summed E-state index contributed by atoms with van der Waals surface area (Å²) >= 11 is 0. The van der Waals surface area contributed by atoms with Gasteiger partial charge in [0.05, 0.1) is 0 Å². The van der Waals surface area contributed by atoms with Crippen LogP contribution in [0.4, 0.5) is 5.69 Å². The van der Waals surface area contributed by atoms with Crippen LogP contribution in [0.25, 0.3) is 0 Å². The van der Waals surface area contributed by atoms with Crippen molar-refractivity contribution in [2.75, 3.05) is 5.73 Å². The van der Waals surface area contributed by atoms with Crippen LogP contribution >= 0.6 is 0 Å². The van der Waals surface area contributed by atoms with E-state index < -0.39 is 0 Å². The van der Waals surface area contributed by atoms with Gasteiger partial charge < -0.3 is 5.73 Å². The summed E-state index contributed by atoms with van der Waals surface area (Å²) < 4.78 is 0. The van der Waals surface area contributed by atoms with Crippen LogP contribution < -0.4 is 5.73 Å². The number of nitrogens with two attached hydrogens (primary N) is 1. The van der Waals surface area contributed by atoms with Crippen molar-refractivity contribution < 1.29 is 4.79 Å². The van der Waals surface area contributed by atoms with Crippen LogP contribution in [-0.2, 0) is 0 Å². The molecule has 2 N–H and O–H groups in total. The molecule has 2 unspecified atom stereocenters. The summed E-state index contributed by atoms with van der Waals surface area (Å²) in [7, 11) is 0. The van der Waals surface area contributed by atoms with E-state index >= 15 is 0 Å². The summed E-state index contributed by atoms with van der Waals surface area (Å²) in [6.07, 6.45) is 7.88. The molecule has 2 heteroatoms. The largest absolute Gasteiger partial charge is 0.398 e. The molecule has 2 nitrogen and oxygen atoms in total. The van der Waals surface area contributed by atoms with Crippen molar-refractivity contribution in [2.24, 2.45) is 11.8 Å². The maximum atomic E-state index is 12.3. The highest BCUT2D eigenvalue weighted by molar-refractivity contribution is 6.03. The lowest BCUT2D eigenvalue weighted by Gasteiger charge is -2.19. The summed E-state index contributed by atoms with van der Waals surface area (Å²) in [6.45, 7) is 2.04. The molecule has 2 atom stereocenters. The van der Waals surface area contributed by atoms with E-state index in [-0.39, 0.29) is 17.6 Å². The van der Waals surface area contributed by atoms with Crippen LogP contribution in [0.1, 0.15) is 17.3 Å². The van der Waals surface area contributed by atoms with Crippen LogP contribution in [0.3, 0.4) is 0 Å². The Morgan fingerprint density at radius 3 is 2.56 bits per heavy atom. The van der Waals surface area contributed by atoms with E-state index in [2.05, 4.69) is 0 Å². The van der Waals surface area contributed by atoms with Crippen LogP contribution in [0.5, 0.6) is 0 Å². The minimum Gasteiger partial charge on any atom is -0.398 e. The van der Waals surface area contributed by atoms with Crippen LogP contribution in [0.2, 0.25) is 0 Å². The molecule has 1 aromatic carbocycles. The van der Waals surface area contributed by atoms with Gasteiger partial charge in [0.25, 0.3) is 0 Å². The lowest BCUT2D eigenvalue weighted by Crippen LogP contribution is -2.21. The number of nitrogen functional groups attached to an aromatic ring is 1. The first-order valence-corrected chi connectivity index (χ1v) is 5.44. The van der Waals surface area contributed by atoms with Crippen molar-refractivity contribution in [2.45, 2.75) is 6.92 Å². The molecule has 0 saturated heterocycles. The van der Waals surface area contributed by atoms with Crippen molar-refractivity contribution in [1.82, 2.24) is 0 Å². The normalized spacial score (nSPS) is 23.3. The zero-order valence-electron chi connectivity index (χ0n) is 9.26. The molecule has 0 bridgehead atoms. The molecule has 0 saturated carbocycles. The first-order valence-electron chi connectivity index (χ1n) is 5.44. The molecule has 0 aromatic heterocycles. The van der Waals surface area contributed by atoms with Gasteiger partial charge in [0, 0.05) is 17.2 Å². The van der Waals surface area contributed by atoms with Gasteiger partial charge in [-0.1, -0.05) is 43.4 Å². The van der Waals surface area contributed by atoms with Gasteiger partial charge in [0.2, 0.25) is 0 Å². The molecule has 0 fully saturated rings. The summed E-state index contributed by atoms with van der Waals surface area (Å²) in [5.74, 6) is 0.248. The Kier molecular flexibility index (Phi) is 2.91. The fourth-order valence-electron chi connectivity index (χ4n) is 1.95. The fraction of sp³-hybridized carbons (Fsp3) is 0.214. The van der Waals surface area contributed by atoms with Gasteiger partial charge in [-0.3, -0.25) is 4.79 Å². The van der Waals surface area contributed by atoms with Crippen LogP contribution in [-0.4, -0.2) is 5.78 Å². The number of para-hydroxylation sites is 1. The lowest BCUT2D eigenvalue weighted by atomic mass is 9.83. The highest BCUT2D eigenvalue weighted by atomic mass is 16.1. The SMILES string of the molecule is CC1C=CC=CC1C(=O)c1ccccc1N. The Hall–Kier alpha value is -1.83. The Balaban J connectivity index is 2.29. The number of anilines is 1. The number of carbonyl (C=O) groups is 1. The fourth-order valence-corrected chi connectivity index (χ4v) is 1.95. The third-order valence-corrected chi connectivity index (χ3v) is 2.94. The number of allylic oxidation sites excluding steroid dienone is 4. The Morgan fingerprint density at radius 1 is 1.19 bits per heavy atom. The van der Waals surface area contributed by atoms with Crippen molar-refractivity contribution in [3.05, 3.63) is 54.1 Å². The van der Waals surface area contributed by atoms with Gasteiger partial charge in [0.1, 0.15) is 0 Å². The molecule has 0 heterocycles. The second-order valence-electron chi connectivity index (χ2n) is 4.11. The van der Waals surface area contributed by atoms with Gasteiger partial charge in [-0.05, 0) is 18.1 Å². The Morgan fingerprint density at radius 2 is 1.88 bits per heavy atom. The summed E-state index contributed by atoms with van der Waals surface area (Å²) in [6, 6.07) is 7.24. The number of hydrogen-bond acceptors (Lipinski definition) is 2. The maximum Gasteiger partial charge on any atom is 0.172 e. The molecule has 1 aliphatic carbocycles. The van der Waals surface area contributed by atoms with Gasteiger partial charge >= 0.3 is 0 Å². The van der Waals surface area contributed by atoms with E-state index in [0.29, 0.717) is 11.3 Å². The topological polar surface area (TPSA) is 43.1 Å². The van der Waals surface area contributed by atoms with Crippen LogP contribution in [0.15, 0.2) is 48.6 Å². The average Bonchev–Trinajstić information content (AvgIpc) is 2.29. The summed E-state index contributed by atoms with van der Waals surface area (Å²) in [4.78, 5) is 12.3. The number of rotatable bonds is 2. The van der Waals surface area contributed by atoms with Crippen molar-refractivity contribution in [1.29, 1.82) is 0 Å². The minimum atomic E-state index is -0.0882. The number of Topliss-reactive ketones (excluding diaryl/α,β-unsaturated/α-hetero) is 1. The molecule has 0 aliphatic heterocycles. The van der Waals surface area contributed by atoms with E-state index in [1.165, 1.54) is 0 Å². The number of carbonyl (C=O) groups excluding carboxylic acids is 1. The number of hydrogen-bond donors (Lipinski definition) is 1. The smallest absolute Gasteiger partial charge is 0.172 e. The quantitative estimate of drug-likeness (QED) is 0.606. The van der Waals surface area contributed by atoms with Crippen molar-refractivity contribution >= 4 is 11.5 Å². The second kappa shape index (κ2) is 4.35. The van der Waals surface area contributed by atoms with Gasteiger partial charge in [-0.25, -0.2) is 0 Å². The number of ketones is 1. The Labute approximate surface area is 95.5 Å². The zero-order valence-corrected chi connectivity index (χ0v) is 9.26. The predicted octanol–water partition coefficient (Wildman–Crippen LogP) is 2.83. The molecular weight excluding hydrogens is 198 g/mol. The molecule has 0 amide bonds. The van der Waals surface area contributed by atoms with Crippen LogP contribution in [0, 0.1) is 11.8 Å². The van der Waals surface area contributed by atoms with Gasteiger partial charge in [-0.2, -0.15) is 0 Å². The molecule has 0 radical (unpaired) electrons. The zero-order chi connectivity index (χ0) is 11.5. The van der Waals surface area contributed by atoms with E-state index in [9.17, 15) is 4.79 Å². The molecular formula is C14H15NO. The van der Waals surface area contributed by atoms with E-state index in [1.54, 1.807) is 12.1 Å². The highest BCUT2D eigenvalue weighted by Gasteiger charge is 2.24. The highest BCUT2D eigenvalue weighted by Crippen LogP contribution is 2.25. The molecule has 1 aliphatic rings. The molecule has 0 spiro atoms. The summed E-state index contributed by atoms with van der Waals surface area (Å²) in [5, 5.41) is 0.